The Morgan fingerprint density at radius 2 is 1.95 bits per heavy atom. The van der Waals surface area contributed by atoms with Gasteiger partial charge >= 0.3 is 0 Å². The van der Waals surface area contributed by atoms with Gasteiger partial charge in [-0.25, -0.2) is 0 Å². The molecule has 0 N–H and O–H groups in total. The van der Waals surface area contributed by atoms with Gasteiger partial charge in [0.25, 0.3) is 0 Å². The van der Waals surface area contributed by atoms with Gasteiger partial charge in [0.15, 0.2) is 0 Å². The van der Waals surface area contributed by atoms with Crippen molar-refractivity contribution in [1.29, 1.82) is 0 Å². The molecular formula is C18H22O. The molecule has 1 nitrogen and oxygen atoms in total. The summed E-state index contributed by atoms with van der Waals surface area (Å²) in [7, 11) is 0. The van der Waals surface area contributed by atoms with Crippen LogP contribution in [-0.2, 0) is 4.79 Å². The van der Waals surface area contributed by atoms with Crippen LogP contribution < -0.4 is 0 Å². The average Bonchev–Trinajstić information content (AvgIpc) is 2.42. The van der Waals surface area contributed by atoms with Crippen LogP contribution in [0.15, 0.2) is 42.0 Å². The Balaban J connectivity index is 2.68. The number of Topliss-reactive ketones (excluding diaryl/α,β-unsaturated/α-hetero) is 1. The molecule has 0 aliphatic heterocycles. The molecule has 0 radical (unpaired) electrons. The molecule has 0 atom stereocenters. The van der Waals surface area contributed by atoms with E-state index in [-0.39, 0.29) is 5.78 Å². The number of ketones is 1. The van der Waals surface area contributed by atoms with Crippen LogP contribution in [0.5, 0.6) is 0 Å². The predicted octanol–water partition coefficient (Wildman–Crippen LogP) is 4.52. The minimum absolute atomic E-state index is 0.238. The number of allylic oxidation sites excluding steroid dienone is 2. The second-order valence-electron chi connectivity index (χ2n) is 4.69. The van der Waals surface area contributed by atoms with E-state index in [0.29, 0.717) is 6.42 Å². The fourth-order valence-corrected chi connectivity index (χ4v) is 1.71. The van der Waals surface area contributed by atoms with E-state index in [1.807, 2.05) is 30.3 Å². The Morgan fingerprint density at radius 1 is 1.21 bits per heavy atom. The van der Waals surface area contributed by atoms with Crippen LogP contribution in [0.1, 0.15) is 51.5 Å². The molecule has 19 heavy (non-hydrogen) atoms. The molecule has 0 aliphatic carbocycles. The Kier molecular flexibility index (Phi) is 7.35. The second-order valence-corrected chi connectivity index (χ2v) is 4.69. The van der Waals surface area contributed by atoms with Gasteiger partial charge in [0.1, 0.15) is 5.78 Å². The SMILES string of the molecule is CCCC/C(C#Cc1ccccc1)=C/CCC(C)=O. The molecule has 0 saturated carbocycles. The van der Waals surface area contributed by atoms with Crippen molar-refractivity contribution in [2.75, 3.05) is 0 Å². The number of carbonyl (C=O) groups is 1. The molecule has 1 aromatic carbocycles. The van der Waals surface area contributed by atoms with Crippen molar-refractivity contribution in [2.45, 2.75) is 46.0 Å². The Bertz CT molecular complexity index is 471. The van der Waals surface area contributed by atoms with Crippen LogP contribution in [0.2, 0.25) is 0 Å². The summed E-state index contributed by atoms with van der Waals surface area (Å²) in [5, 5.41) is 0. The normalized spacial score (nSPS) is 10.7. The molecule has 0 heterocycles. The molecule has 0 aromatic heterocycles. The molecule has 1 rings (SSSR count). The van der Waals surface area contributed by atoms with Crippen molar-refractivity contribution < 1.29 is 4.79 Å². The van der Waals surface area contributed by atoms with E-state index in [4.69, 9.17) is 0 Å². The van der Waals surface area contributed by atoms with E-state index in [1.165, 1.54) is 0 Å². The van der Waals surface area contributed by atoms with Crippen molar-refractivity contribution in [3.8, 4) is 11.8 Å². The number of hydrogen-bond donors (Lipinski definition) is 0. The van der Waals surface area contributed by atoms with Crippen LogP contribution in [0.4, 0.5) is 0 Å². The van der Waals surface area contributed by atoms with Crippen molar-refractivity contribution in [2.24, 2.45) is 0 Å². The third-order valence-electron chi connectivity index (χ3n) is 2.83. The minimum atomic E-state index is 0.238. The smallest absolute Gasteiger partial charge is 0.130 e. The highest BCUT2D eigenvalue weighted by molar-refractivity contribution is 5.75. The van der Waals surface area contributed by atoms with Gasteiger partial charge in [-0.1, -0.05) is 49.5 Å². The zero-order valence-corrected chi connectivity index (χ0v) is 11.9. The third-order valence-corrected chi connectivity index (χ3v) is 2.83. The predicted molar refractivity (Wildman–Crippen MR) is 80.8 cm³/mol. The van der Waals surface area contributed by atoms with Crippen LogP contribution in [0.3, 0.4) is 0 Å². The van der Waals surface area contributed by atoms with Crippen molar-refractivity contribution >= 4 is 5.78 Å². The number of carbonyl (C=O) groups excluding carboxylic acids is 1. The largest absolute Gasteiger partial charge is 0.300 e. The fraction of sp³-hybridized carbons (Fsp3) is 0.389. The van der Waals surface area contributed by atoms with Crippen LogP contribution in [0.25, 0.3) is 0 Å². The molecule has 0 aliphatic rings. The van der Waals surface area contributed by atoms with Crippen molar-refractivity contribution in [3.63, 3.8) is 0 Å². The maximum Gasteiger partial charge on any atom is 0.130 e. The van der Waals surface area contributed by atoms with Crippen LogP contribution >= 0.6 is 0 Å². The zero-order valence-electron chi connectivity index (χ0n) is 11.9. The highest BCUT2D eigenvalue weighted by Crippen LogP contribution is 2.09. The highest BCUT2D eigenvalue weighted by Gasteiger charge is 1.95. The molecule has 0 fully saturated rings. The Labute approximate surface area is 116 Å². The van der Waals surface area contributed by atoms with Gasteiger partial charge in [0.2, 0.25) is 0 Å². The fourth-order valence-electron chi connectivity index (χ4n) is 1.71. The number of rotatable bonds is 6. The van der Waals surface area contributed by atoms with Gasteiger partial charge in [-0.3, -0.25) is 0 Å². The Hall–Kier alpha value is -1.81. The van der Waals surface area contributed by atoms with E-state index < -0.39 is 0 Å². The maximum atomic E-state index is 11.0. The summed E-state index contributed by atoms with van der Waals surface area (Å²) in [6, 6.07) is 10.0. The zero-order chi connectivity index (χ0) is 13.9. The molecule has 1 heteroatoms. The van der Waals surface area contributed by atoms with E-state index in [2.05, 4.69) is 24.8 Å². The molecule has 0 bridgehead atoms. The van der Waals surface area contributed by atoms with Gasteiger partial charge in [0.05, 0.1) is 0 Å². The summed E-state index contributed by atoms with van der Waals surface area (Å²) in [5.74, 6) is 6.67. The average molecular weight is 254 g/mol. The van der Waals surface area contributed by atoms with Gasteiger partial charge in [-0.15, -0.1) is 0 Å². The molecular weight excluding hydrogens is 232 g/mol. The molecule has 0 amide bonds. The van der Waals surface area contributed by atoms with Crippen LogP contribution in [0, 0.1) is 11.8 Å². The van der Waals surface area contributed by atoms with E-state index >= 15 is 0 Å². The summed E-state index contributed by atoms with van der Waals surface area (Å²) in [6.07, 6.45) is 6.86. The van der Waals surface area contributed by atoms with Crippen LogP contribution in [-0.4, -0.2) is 5.78 Å². The summed E-state index contributed by atoms with van der Waals surface area (Å²) >= 11 is 0. The van der Waals surface area contributed by atoms with E-state index in [9.17, 15) is 4.79 Å². The summed E-state index contributed by atoms with van der Waals surface area (Å²) in [6.45, 7) is 3.81. The lowest BCUT2D eigenvalue weighted by atomic mass is 10.1. The van der Waals surface area contributed by atoms with E-state index in [0.717, 1.165) is 36.8 Å². The number of hydrogen-bond acceptors (Lipinski definition) is 1. The first-order valence-corrected chi connectivity index (χ1v) is 6.98. The third kappa shape index (κ3) is 7.26. The topological polar surface area (TPSA) is 17.1 Å². The molecule has 0 unspecified atom stereocenters. The first kappa shape index (κ1) is 15.2. The lowest BCUT2D eigenvalue weighted by Crippen LogP contribution is -1.88. The summed E-state index contributed by atoms with van der Waals surface area (Å²) < 4.78 is 0. The van der Waals surface area contributed by atoms with Gasteiger partial charge in [-0.2, -0.15) is 0 Å². The second kappa shape index (κ2) is 9.16. The summed E-state index contributed by atoms with van der Waals surface area (Å²) in [4.78, 5) is 11.0. The highest BCUT2D eigenvalue weighted by atomic mass is 16.1. The number of benzene rings is 1. The minimum Gasteiger partial charge on any atom is -0.300 e. The number of unbranched alkanes of at least 4 members (excludes halogenated alkanes) is 1. The summed E-state index contributed by atoms with van der Waals surface area (Å²) in [5.41, 5.74) is 2.20. The lowest BCUT2D eigenvalue weighted by Gasteiger charge is -1.98. The lowest BCUT2D eigenvalue weighted by molar-refractivity contribution is -0.116. The molecule has 0 spiro atoms. The molecule has 0 saturated heterocycles. The van der Waals surface area contributed by atoms with Gasteiger partial charge < -0.3 is 4.79 Å². The molecule has 1 aromatic rings. The standard InChI is InChI=1S/C18H22O/c1-3-4-10-17(13-8-9-16(2)19)14-15-18-11-6-5-7-12-18/h5-7,11-13H,3-4,8-10H2,1-2H3/b17-13-. The first-order valence-electron chi connectivity index (χ1n) is 6.98. The first-order chi connectivity index (χ1) is 9.22. The van der Waals surface area contributed by atoms with Gasteiger partial charge in [-0.05, 0) is 43.9 Å². The van der Waals surface area contributed by atoms with Gasteiger partial charge in [0, 0.05) is 12.0 Å². The Morgan fingerprint density at radius 3 is 2.58 bits per heavy atom. The molecule has 100 valence electrons. The monoisotopic (exact) mass is 254 g/mol. The van der Waals surface area contributed by atoms with Crippen molar-refractivity contribution in [1.82, 2.24) is 0 Å². The quantitative estimate of drug-likeness (QED) is 0.682. The maximum absolute atomic E-state index is 11.0. The van der Waals surface area contributed by atoms with E-state index in [1.54, 1.807) is 6.92 Å². The van der Waals surface area contributed by atoms with Crippen molar-refractivity contribution in [3.05, 3.63) is 47.5 Å².